The summed E-state index contributed by atoms with van der Waals surface area (Å²) in [6.07, 6.45) is 3.92. The fourth-order valence-electron chi connectivity index (χ4n) is 0.714. The van der Waals surface area contributed by atoms with Crippen LogP contribution in [-0.2, 0) is 0 Å². The van der Waals surface area contributed by atoms with E-state index in [4.69, 9.17) is 5.26 Å². The van der Waals surface area contributed by atoms with Gasteiger partial charge in [0, 0.05) is 4.88 Å². The molecule has 0 radical (unpaired) electrons. The second-order valence-electron chi connectivity index (χ2n) is 3.18. The first-order valence-corrected chi connectivity index (χ1v) is 4.66. The van der Waals surface area contributed by atoms with Gasteiger partial charge >= 0.3 is 0 Å². The Morgan fingerprint density at radius 3 is 2.83 bits per heavy atom. The van der Waals surface area contributed by atoms with Crippen molar-refractivity contribution in [3.05, 3.63) is 28.5 Å². The molecule has 62 valence electrons. The fraction of sp³-hybridized carbons (Fsp3) is 0.300. The number of hydrogen-bond donors (Lipinski definition) is 0. The van der Waals surface area contributed by atoms with Gasteiger partial charge in [-0.25, -0.2) is 0 Å². The van der Waals surface area contributed by atoms with Gasteiger partial charge in [0.1, 0.15) is 0 Å². The molecule has 0 bridgehead atoms. The van der Waals surface area contributed by atoms with E-state index in [2.05, 4.69) is 6.07 Å². The van der Waals surface area contributed by atoms with Crippen molar-refractivity contribution >= 4 is 17.4 Å². The standard InChI is InChI=1S/C10H11NS/c1-10(2,8-11)6-5-9-4-3-7-12-9/h3-7H,1-2H3/b6-5+. The van der Waals surface area contributed by atoms with E-state index < -0.39 is 0 Å². The zero-order chi connectivity index (χ0) is 9.03. The molecule has 0 N–H and O–H groups in total. The van der Waals surface area contributed by atoms with E-state index in [0.29, 0.717) is 0 Å². The van der Waals surface area contributed by atoms with E-state index in [1.165, 1.54) is 4.88 Å². The molecule has 0 fully saturated rings. The van der Waals surface area contributed by atoms with Crippen LogP contribution in [0.4, 0.5) is 0 Å². The van der Waals surface area contributed by atoms with Gasteiger partial charge in [-0.2, -0.15) is 5.26 Å². The highest BCUT2D eigenvalue weighted by atomic mass is 32.1. The highest BCUT2D eigenvalue weighted by Crippen LogP contribution is 2.19. The van der Waals surface area contributed by atoms with Crippen LogP contribution in [0.5, 0.6) is 0 Å². The van der Waals surface area contributed by atoms with E-state index in [1.807, 2.05) is 43.5 Å². The molecule has 0 aliphatic rings. The molecule has 2 heteroatoms. The topological polar surface area (TPSA) is 23.8 Å². The summed E-state index contributed by atoms with van der Waals surface area (Å²) in [6.45, 7) is 3.80. The summed E-state index contributed by atoms with van der Waals surface area (Å²) in [5.74, 6) is 0. The quantitative estimate of drug-likeness (QED) is 0.680. The Hall–Kier alpha value is -1.07. The van der Waals surface area contributed by atoms with Crippen molar-refractivity contribution in [1.82, 2.24) is 0 Å². The number of thiophene rings is 1. The largest absolute Gasteiger partial charge is 0.197 e. The monoisotopic (exact) mass is 177 g/mol. The maximum atomic E-state index is 8.72. The molecule has 0 saturated carbocycles. The SMILES string of the molecule is CC(C)(C#N)/C=C/c1cccs1. The summed E-state index contributed by atoms with van der Waals surface area (Å²) >= 11 is 1.68. The molecular weight excluding hydrogens is 166 g/mol. The van der Waals surface area contributed by atoms with Gasteiger partial charge in [-0.3, -0.25) is 0 Å². The lowest BCUT2D eigenvalue weighted by Crippen LogP contribution is -2.01. The highest BCUT2D eigenvalue weighted by molar-refractivity contribution is 7.10. The van der Waals surface area contributed by atoms with Crippen LogP contribution in [0.3, 0.4) is 0 Å². The molecule has 1 rings (SSSR count). The smallest absolute Gasteiger partial charge is 0.0725 e. The predicted octanol–water partition coefficient (Wildman–Crippen LogP) is 3.31. The molecule has 12 heavy (non-hydrogen) atoms. The second-order valence-corrected chi connectivity index (χ2v) is 4.16. The molecule has 0 saturated heterocycles. The first-order chi connectivity index (χ1) is 5.64. The Bertz CT molecular complexity index is 301. The van der Waals surface area contributed by atoms with Crippen LogP contribution in [-0.4, -0.2) is 0 Å². The molecule has 0 unspecified atom stereocenters. The third-order valence-electron chi connectivity index (χ3n) is 1.50. The Labute approximate surface area is 77.0 Å². The van der Waals surface area contributed by atoms with Gasteiger partial charge in [0.2, 0.25) is 0 Å². The molecule has 0 aromatic carbocycles. The average Bonchev–Trinajstić information content (AvgIpc) is 2.53. The van der Waals surface area contributed by atoms with Crippen molar-refractivity contribution in [3.63, 3.8) is 0 Å². The van der Waals surface area contributed by atoms with Crippen LogP contribution in [0.1, 0.15) is 18.7 Å². The third kappa shape index (κ3) is 2.52. The van der Waals surface area contributed by atoms with Crippen LogP contribution < -0.4 is 0 Å². The summed E-state index contributed by atoms with van der Waals surface area (Å²) in [4.78, 5) is 1.19. The number of nitrogens with zero attached hydrogens (tertiary/aromatic N) is 1. The number of nitriles is 1. The van der Waals surface area contributed by atoms with Crippen LogP contribution in [0, 0.1) is 16.7 Å². The molecule has 0 aliphatic carbocycles. The van der Waals surface area contributed by atoms with E-state index in [-0.39, 0.29) is 5.41 Å². The molecule has 0 spiro atoms. The summed E-state index contributed by atoms with van der Waals surface area (Å²) in [5.41, 5.74) is -0.357. The van der Waals surface area contributed by atoms with Gasteiger partial charge in [-0.15, -0.1) is 11.3 Å². The zero-order valence-corrected chi connectivity index (χ0v) is 8.06. The van der Waals surface area contributed by atoms with E-state index in [1.54, 1.807) is 11.3 Å². The van der Waals surface area contributed by atoms with Crippen molar-refractivity contribution in [2.75, 3.05) is 0 Å². The normalized spacial score (nSPS) is 11.8. The van der Waals surface area contributed by atoms with E-state index >= 15 is 0 Å². The van der Waals surface area contributed by atoms with E-state index in [0.717, 1.165) is 0 Å². The van der Waals surface area contributed by atoms with Crippen molar-refractivity contribution in [1.29, 1.82) is 5.26 Å². The van der Waals surface area contributed by atoms with Crippen molar-refractivity contribution in [2.45, 2.75) is 13.8 Å². The average molecular weight is 177 g/mol. The van der Waals surface area contributed by atoms with Gasteiger partial charge in [0.25, 0.3) is 0 Å². The Balaban J connectivity index is 2.70. The zero-order valence-electron chi connectivity index (χ0n) is 7.24. The van der Waals surface area contributed by atoms with Gasteiger partial charge in [0.15, 0.2) is 0 Å². The maximum absolute atomic E-state index is 8.72. The van der Waals surface area contributed by atoms with Crippen molar-refractivity contribution in [3.8, 4) is 6.07 Å². The number of hydrogen-bond acceptors (Lipinski definition) is 2. The summed E-state index contributed by atoms with van der Waals surface area (Å²) in [7, 11) is 0. The molecule has 1 nitrogen and oxygen atoms in total. The minimum absolute atomic E-state index is 0.357. The Morgan fingerprint density at radius 2 is 2.33 bits per heavy atom. The lowest BCUT2D eigenvalue weighted by Gasteiger charge is -2.06. The summed E-state index contributed by atoms with van der Waals surface area (Å²) in [5, 5.41) is 10.8. The highest BCUT2D eigenvalue weighted by Gasteiger charge is 2.10. The first kappa shape index (κ1) is 9.02. The second kappa shape index (κ2) is 3.55. The van der Waals surface area contributed by atoms with Crippen molar-refractivity contribution < 1.29 is 0 Å². The van der Waals surface area contributed by atoms with Gasteiger partial charge < -0.3 is 0 Å². The predicted molar refractivity (Wildman–Crippen MR) is 52.7 cm³/mol. The number of allylic oxidation sites excluding steroid dienone is 1. The molecule has 0 atom stereocenters. The van der Waals surface area contributed by atoms with Gasteiger partial charge in [-0.1, -0.05) is 12.1 Å². The molecule has 1 aromatic rings. The molecular formula is C10H11NS. The molecule has 0 amide bonds. The van der Waals surface area contributed by atoms with E-state index in [9.17, 15) is 0 Å². The first-order valence-electron chi connectivity index (χ1n) is 3.78. The maximum Gasteiger partial charge on any atom is 0.0725 e. The lowest BCUT2D eigenvalue weighted by molar-refractivity contribution is 0.647. The van der Waals surface area contributed by atoms with Gasteiger partial charge in [-0.05, 0) is 31.4 Å². The van der Waals surface area contributed by atoms with Crippen LogP contribution in [0.25, 0.3) is 6.08 Å². The molecule has 1 aromatic heterocycles. The molecule has 1 heterocycles. The Morgan fingerprint density at radius 1 is 1.58 bits per heavy atom. The Kier molecular flexibility index (Phi) is 2.67. The van der Waals surface area contributed by atoms with Gasteiger partial charge in [0.05, 0.1) is 11.5 Å². The summed E-state index contributed by atoms with van der Waals surface area (Å²) < 4.78 is 0. The minimum Gasteiger partial charge on any atom is -0.197 e. The number of rotatable bonds is 2. The van der Waals surface area contributed by atoms with Crippen LogP contribution in [0.15, 0.2) is 23.6 Å². The molecule has 0 aliphatic heterocycles. The van der Waals surface area contributed by atoms with Crippen LogP contribution in [0.2, 0.25) is 0 Å². The van der Waals surface area contributed by atoms with Crippen molar-refractivity contribution in [2.24, 2.45) is 5.41 Å². The third-order valence-corrected chi connectivity index (χ3v) is 2.33. The summed E-state index contributed by atoms with van der Waals surface area (Å²) in [6, 6.07) is 6.26. The van der Waals surface area contributed by atoms with Crippen LogP contribution >= 0.6 is 11.3 Å². The fourth-order valence-corrected chi connectivity index (χ4v) is 1.33. The lowest BCUT2D eigenvalue weighted by atomic mass is 9.95. The minimum atomic E-state index is -0.357.